The largest absolute Gasteiger partial charge is 0.481 e. The van der Waals surface area contributed by atoms with E-state index in [4.69, 9.17) is 29.2 Å². The summed E-state index contributed by atoms with van der Waals surface area (Å²) in [6.45, 7) is 31.0. The molecule has 0 aromatic heterocycles. The average molecular weight is 1100 g/mol. The first-order valence-electron chi connectivity index (χ1n) is 26.3. The maximum atomic E-state index is 11.9. The van der Waals surface area contributed by atoms with Crippen LogP contribution in [0.3, 0.4) is 0 Å². The number of likely N-dealkylation sites (tertiary alicyclic amines) is 4. The van der Waals surface area contributed by atoms with Crippen LogP contribution in [0.25, 0.3) is 0 Å². The van der Waals surface area contributed by atoms with Crippen LogP contribution in [-0.2, 0) is 38.1 Å². The summed E-state index contributed by atoms with van der Waals surface area (Å²) in [7, 11) is 0. The zero-order valence-corrected chi connectivity index (χ0v) is 49.0. The lowest BCUT2D eigenvalue weighted by molar-refractivity contribution is -0.140. The SMILES string of the molecule is C.CC(=O)C1CC12CCN(C(=O)OC(C)(C)C)CC2.CC(=O)C1CC12CCN(C(=O)OC(C)(C)C)CC2.CC(C)(C)OC(=O)N1CCC2(CC1)CC2C(=O)O.CC(C)(C)OC(=O)N1CCC2(CC1)CC2C(=O)O.S.S. The number of carboxylic acid groups (broad SMARTS) is 2. The van der Waals surface area contributed by atoms with Gasteiger partial charge in [0.2, 0.25) is 0 Å². The van der Waals surface area contributed by atoms with Crippen molar-refractivity contribution in [2.24, 2.45) is 45.3 Å². The average Bonchev–Trinajstić information content (AvgIpc) is 4.14. The lowest BCUT2D eigenvalue weighted by Gasteiger charge is -2.34. The molecule has 0 radical (unpaired) electrons. The number of carbonyl (C=O) groups is 8. The molecule has 4 spiro atoms. The first-order chi connectivity index (χ1) is 32.9. The predicted molar refractivity (Wildman–Crippen MR) is 294 cm³/mol. The van der Waals surface area contributed by atoms with E-state index in [-0.39, 0.29) is 104 Å². The zero-order chi connectivity index (χ0) is 54.2. The molecule has 4 amide bonds. The van der Waals surface area contributed by atoms with Crippen molar-refractivity contribution in [3.8, 4) is 0 Å². The maximum absolute atomic E-state index is 11.9. The van der Waals surface area contributed by atoms with Crippen molar-refractivity contribution in [2.45, 2.75) is 204 Å². The van der Waals surface area contributed by atoms with E-state index in [2.05, 4.69) is 0 Å². The van der Waals surface area contributed by atoms with Gasteiger partial charge in [-0.15, -0.1) is 0 Å². The Balaban J connectivity index is 0.000000338. The first kappa shape index (κ1) is 67.2. The van der Waals surface area contributed by atoms with Gasteiger partial charge >= 0.3 is 36.3 Å². The van der Waals surface area contributed by atoms with Gasteiger partial charge in [0.25, 0.3) is 0 Å². The van der Waals surface area contributed by atoms with E-state index >= 15 is 0 Å². The molecule has 0 bridgehead atoms. The zero-order valence-electron chi connectivity index (χ0n) is 47.0. The second-order valence-electron chi connectivity index (χ2n) is 26.2. The number of ketones is 2. The molecule has 4 aliphatic heterocycles. The second kappa shape index (κ2) is 24.8. The van der Waals surface area contributed by atoms with Gasteiger partial charge in [0.1, 0.15) is 34.0 Å². The molecule has 20 heteroatoms. The van der Waals surface area contributed by atoms with Crippen LogP contribution in [0.1, 0.15) is 181 Å². The van der Waals surface area contributed by atoms with Crippen molar-refractivity contribution in [3.05, 3.63) is 0 Å². The Morgan fingerprint density at radius 2 is 0.520 bits per heavy atom. The van der Waals surface area contributed by atoms with E-state index in [0.717, 1.165) is 103 Å². The fourth-order valence-corrected chi connectivity index (χ4v) is 11.3. The Hall–Kier alpha value is -3.94. The summed E-state index contributed by atoms with van der Waals surface area (Å²) in [4.78, 5) is 99.0. The molecule has 0 aromatic rings. The molecule has 8 fully saturated rings. The molecule has 432 valence electrons. The molecule has 4 saturated carbocycles. The van der Waals surface area contributed by atoms with E-state index < -0.39 is 34.3 Å². The fourth-order valence-electron chi connectivity index (χ4n) is 11.3. The molecule has 8 aliphatic rings. The number of aliphatic carboxylic acids is 2. The minimum absolute atomic E-state index is 0. The molecule has 75 heavy (non-hydrogen) atoms. The molecular formula is C55H96N4O14S2. The number of Topliss-reactive ketones (excluding diaryl/α,β-unsaturated/α-hetero) is 2. The fraction of sp³-hybridized carbons (Fsp3) is 0.855. The Bertz CT molecular complexity index is 1750. The van der Waals surface area contributed by atoms with Gasteiger partial charge in [0, 0.05) is 64.2 Å². The van der Waals surface area contributed by atoms with Crippen LogP contribution in [0, 0.1) is 45.3 Å². The number of carboxylic acids is 2. The van der Waals surface area contributed by atoms with E-state index in [1.807, 2.05) is 83.1 Å². The lowest BCUT2D eigenvalue weighted by atomic mass is 9.90. The van der Waals surface area contributed by atoms with Crippen LogP contribution in [0.5, 0.6) is 0 Å². The van der Waals surface area contributed by atoms with Gasteiger partial charge in [-0.05, 0) is 196 Å². The molecule has 0 aromatic carbocycles. The number of rotatable bonds is 4. The number of nitrogens with zero attached hydrogens (tertiary/aromatic N) is 4. The Kier molecular flexibility index (Phi) is 22.2. The minimum atomic E-state index is -0.694. The van der Waals surface area contributed by atoms with Gasteiger partial charge in [-0.2, -0.15) is 27.0 Å². The third kappa shape index (κ3) is 18.6. The highest BCUT2D eigenvalue weighted by Gasteiger charge is 2.61. The summed E-state index contributed by atoms with van der Waals surface area (Å²) >= 11 is 0. The highest BCUT2D eigenvalue weighted by Crippen LogP contribution is 2.62. The van der Waals surface area contributed by atoms with Gasteiger partial charge < -0.3 is 48.8 Å². The monoisotopic (exact) mass is 1100 g/mol. The minimum Gasteiger partial charge on any atom is -0.481 e. The molecule has 4 unspecified atom stereocenters. The molecule has 4 aliphatic carbocycles. The quantitative estimate of drug-likeness (QED) is 0.250. The van der Waals surface area contributed by atoms with Gasteiger partial charge in [-0.25, -0.2) is 19.2 Å². The molecule has 18 nitrogen and oxygen atoms in total. The third-order valence-corrected chi connectivity index (χ3v) is 16.0. The van der Waals surface area contributed by atoms with Crippen molar-refractivity contribution < 1.29 is 67.5 Å². The van der Waals surface area contributed by atoms with Gasteiger partial charge in [0.05, 0.1) is 11.8 Å². The number of carbonyl (C=O) groups excluding carboxylic acids is 6. The summed E-state index contributed by atoms with van der Waals surface area (Å²) in [6.07, 6.45) is 9.44. The molecule has 4 atom stereocenters. The van der Waals surface area contributed by atoms with Crippen molar-refractivity contribution in [2.75, 3.05) is 52.4 Å². The van der Waals surface area contributed by atoms with E-state index in [1.165, 1.54) is 0 Å². The van der Waals surface area contributed by atoms with Gasteiger partial charge in [-0.1, -0.05) is 7.43 Å². The highest BCUT2D eigenvalue weighted by molar-refractivity contribution is 7.59. The van der Waals surface area contributed by atoms with E-state index in [0.29, 0.717) is 37.7 Å². The van der Waals surface area contributed by atoms with Gasteiger partial charge in [-0.3, -0.25) is 19.2 Å². The van der Waals surface area contributed by atoms with Crippen LogP contribution in [0.4, 0.5) is 19.2 Å². The summed E-state index contributed by atoms with van der Waals surface area (Å²) < 4.78 is 21.3. The number of piperidine rings is 4. The van der Waals surface area contributed by atoms with Crippen LogP contribution in [-0.4, -0.2) is 152 Å². The van der Waals surface area contributed by atoms with E-state index in [1.54, 1.807) is 33.4 Å². The molecule has 4 heterocycles. The predicted octanol–water partition coefficient (Wildman–Crippen LogP) is 10.3. The Labute approximate surface area is 461 Å². The maximum Gasteiger partial charge on any atom is 0.410 e. The standard InChI is InChI=1S/2C14H23NO3.2C13H21NO4.CH4.2H2S/c2*1-10(16)11-9-14(11)5-7-15(8-6-14)12(17)18-13(2,3)4;2*1-12(2,3)18-11(17)14-6-4-13(5-7-14)8-9(13)10(15)16;;;/h2*11H,5-9H2,1-4H3;2*9H,4-8H2,1-3H3,(H,15,16);1H4;2*1H2. The highest BCUT2D eigenvalue weighted by atomic mass is 32.1. The second-order valence-corrected chi connectivity index (χ2v) is 26.2. The summed E-state index contributed by atoms with van der Waals surface area (Å²) in [6, 6.07) is 0. The Morgan fingerprint density at radius 3 is 0.640 bits per heavy atom. The van der Waals surface area contributed by atoms with Crippen molar-refractivity contribution in [1.29, 1.82) is 0 Å². The molecule has 4 saturated heterocycles. The number of amides is 4. The van der Waals surface area contributed by atoms with Crippen LogP contribution >= 0.6 is 27.0 Å². The normalized spacial score (nSPS) is 24.9. The molecule has 2 N–H and O–H groups in total. The van der Waals surface area contributed by atoms with E-state index in [9.17, 15) is 38.4 Å². The first-order valence-corrected chi connectivity index (χ1v) is 26.3. The van der Waals surface area contributed by atoms with Crippen LogP contribution in [0.15, 0.2) is 0 Å². The van der Waals surface area contributed by atoms with Crippen LogP contribution < -0.4 is 0 Å². The third-order valence-electron chi connectivity index (χ3n) is 16.0. The Morgan fingerprint density at radius 1 is 0.360 bits per heavy atom. The summed E-state index contributed by atoms with van der Waals surface area (Å²) in [5.74, 6) is -0.670. The summed E-state index contributed by atoms with van der Waals surface area (Å²) in [5.41, 5.74) is -1.48. The lowest BCUT2D eigenvalue weighted by Crippen LogP contribution is -2.42. The summed E-state index contributed by atoms with van der Waals surface area (Å²) in [5, 5.41) is 18.0. The van der Waals surface area contributed by atoms with Gasteiger partial charge in [0.15, 0.2) is 0 Å². The smallest absolute Gasteiger partial charge is 0.410 e. The van der Waals surface area contributed by atoms with Crippen LogP contribution in [0.2, 0.25) is 0 Å². The molecule has 8 rings (SSSR count). The van der Waals surface area contributed by atoms with Crippen molar-refractivity contribution >= 4 is 74.9 Å². The van der Waals surface area contributed by atoms with Crippen molar-refractivity contribution in [3.63, 3.8) is 0 Å². The molecular weight excluding hydrogens is 1000 g/mol. The number of hydrogen-bond donors (Lipinski definition) is 2. The number of ether oxygens (including phenoxy) is 4. The number of hydrogen-bond acceptors (Lipinski definition) is 12. The topological polar surface area (TPSA) is 227 Å². The van der Waals surface area contributed by atoms with Crippen molar-refractivity contribution in [1.82, 2.24) is 19.6 Å².